The Hall–Kier alpha value is -0.100. The third-order valence-electron chi connectivity index (χ3n) is 2.62. The van der Waals surface area contributed by atoms with E-state index in [1.54, 1.807) is 18.2 Å². The summed E-state index contributed by atoms with van der Waals surface area (Å²) < 4.78 is 24.7. The topological polar surface area (TPSA) is 54.4 Å². The molecular weight excluding hydrogens is 328 g/mol. The van der Waals surface area contributed by atoms with Gasteiger partial charge >= 0.3 is 0 Å². The molecule has 2 atom stereocenters. The highest BCUT2D eigenvalue weighted by Crippen LogP contribution is 2.24. The van der Waals surface area contributed by atoms with E-state index < -0.39 is 21.2 Å². The van der Waals surface area contributed by atoms with Crippen LogP contribution in [0.25, 0.3) is 0 Å². The van der Waals surface area contributed by atoms with E-state index in [-0.39, 0.29) is 5.75 Å². The molecule has 0 amide bonds. The molecule has 6 heteroatoms. The molecule has 1 aromatic carbocycles. The molecule has 0 saturated carbocycles. The summed E-state index contributed by atoms with van der Waals surface area (Å²) in [4.78, 5) is 0. The molecule has 0 saturated heterocycles. The predicted molar refractivity (Wildman–Crippen MR) is 72.9 cm³/mol. The van der Waals surface area contributed by atoms with Crippen molar-refractivity contribution in [3.05, 3.63) is 33.3 Å². The van der Waals surface area contributed by atoms with Gasteiger partial charge in [-0.2, -0.15) is 0 Å². The van der Waals surface area contributed by atoms with Crippen molar-refractivity contribution in [1.82, 2.24) is 0 Å². The van der Waals surface area contributed by atoms with Crippen LogP contribution in [0, 0.1) is 0 Å². The molecule has 0 radical (unpaired) electrons. The minimum Gasteiger partial charge on any atom is -0.392 e. The second-order valence-corrected chi connectivity index (χ2v) is 7.67. The third kappa shape index (κ3) is 3.95. The summed E-state index contributed by atoms with van der Waals surface area (Å²) in [6, 6.07) is 5.06. The van der Waals surface area contributed by atoms with Crippen molar-refractivity contribution in [3.8, 4) is 0 Å². The number of halogens is 2. The molecule has 0 spiro atoms. The van der Waals surface area contributed by atoms with Gasteiger partial charge in [-0.1, -0.05) is 33.6 Å². The van der Waals surface area contributed by atoms with Crippen LogP contribution in [0.2, 0.25) is 5.02 Å². The lowest BCUT2D eigenvalue weighted by Gasteiger charge is -2.16. The Morgan fingerprint density at radius 3 is 2.47 bits per heavy atom. The Kier molecular flexibility index (Phi) is 5.01. The van der Waals surface area contributed by atoms with E-state index in [1.165, 1.54) is 13.8 Å². The van der Waals surface area contributed by atoms with Crippen LogP contribution in [0.5, 0.6) is 0 Å². The van der Waals surface area contributed by atoms with Crippen LogP contribution in [-0.2, 0) is 15.6 Å². The maximum absolute atomic E-state index is 11.9. The maximum Gasteiger partial charge on any atom is 0.159 e. The summed E-state index contributed by atoms with van der Waals surface area (Å²) in [6.45, 7) is 2.96. The van der Waals surface area contributed by atoms with Gasteiger partial charge in [0.15, 0.2) is 9.84 Å². The number of hydrogen-bond donors (Lipinski definition) is 1. The molecule has 1 rings (SSSR count). The summed E-state index contributed by atoms with van der Waals surface area (Å²) in [6.07, 6.45) is -0.894. The largest absolute Gasteiger partial charge is 0.392 e. The summed E-state index contributed by atoms with van der Waals surface area (Å²) in [5.41, 5.74) is 0.544. The second kappa shape index (κ2) is 5.69. The average Bonchev–Trinajstić information content (AvgIpc) is 2.21. The zero-order valence-corrected chi connectivity index (χ0v) is 12.7. The molecule has 0 unspecified atom stereocenters. The fraction of sp³-hybridized carbons (Fsp3) is 0.455. The number of rotatable bonds is 4. The molecular formula is C11H14BrClO3S. The van der Waals surface area contributed by atoms with Gasteiger partial charge in [0.1, 0.15) is 0 Å². The Morgan fingerprint density at radius 1 is 1.41 bits per heavy atom. The van der Waals surface area contributed by atoms with Gasteiger partial charge in [-0.3, -0.25) is 0 Å². The van der Waals surface area contributed by atoms with Gasteiger partial charge < -0.3 is 5.11 Å². The minimum atomic E-state index is -3.40. The van der Waals surface area contributed by atoms with Crippen molar-refractivity contribution in [2.45, 2.75) is 31.0 Å². The third-order valence-corrected chi connectivity index (χ3v) is 5.70. The van der Waals surface area contributed by atoms with E-state index in [0.29, 0.717) is 10.6 Å². The molecule has 0 aliphatic carbocycles. The van der Waals surface area contributed by atoms with Gasteiger partial charge in [0.25, 0.3) is 0 Å². The Balaban J connectivity index is 2.98. The van der Waals surface area contributed by atoms with E-state index in [2.05, 4.69) is 15.9 Å². The normalized spacial score (nSPS) is 15.6. The fourth-order valence-corrected chi connectivity index (χ4v) is 3.65. The van der Waals surface area contributed by atoms with Crippen molar-refractivity contribution < 1.29 is 13.5 Å². The molecule has 3 nitrogen and oxygen atoms in total. The Morgan fingerprint density at radius 2 is 2.00 bits per heavy atom. The molecule has 0 bridgehead atoms. The zero-order chi connectivity index (χ0) is 13.2. The van der Waals surface area contributed by atoms with Crippen LogP contribution in [-0.4, -0.2) is 24.9 Å². The van der Waals surface area contributed by atoms with Crippen molar-refractivity contribution >= 4 is 37.4 Å². The fourth-order valence-electron chi connectivity index (χ4n) is 1.29. The van der Waals surface area contributed by atoms with Crippen LogP contribution in [0.15, 0.2) is 22.7 Å². The standard InChI is InChI=1S/C11H14BrClO3S/c1-7(14)8(2)17(15,16)6-9-3-4-10(12)5-11(9)13/h3-5,7-8,14H,6H2,1-2H3/t7-,8-/m0/s1. The molecule has 96 valence electrons. The molecule has 1 N–H and O–H groups in total. The number of aliphatic hydroxyl groups is 1. The number of benzene rings is 1. The lowest BCUT2D eigenvalue weighted by atomic mass is 10.2. The molecule has 0 aliphatic rings. The molecule has 0 heterocycles. The Bertz CT molecular complexity index is 499. The van der Waals surface area contributed by atoms with Crippen molar-refractivity contribution in [3.63, 3.8) is 0 Å². The van der Waals surface area contributed by atoms with Crippen molar-refractivity contribution in [2.75, 3.05) is 0 Å². The smallest absolute Gasteiger partial charge is 0.159 e. The first-order valence-electron chi connectivity index (χ1n) is 5.07. The monoisotopic (exact) mass is 340 g/mol. The lowest BCUT2D eigenvalue weighted by Crippen LogP contribution is -2.30. The van der Waals surface area contributed by atoms with Crippen LogP contribution in [0.3, 0.4) is 0 Å². The van der Waals surface area contributed by atoms with Gasteiger partial charge in [0, 0.05) is 9.50 Å². The molecule has 0 fully saturated rings. The highest BCUT2D eigenvalue weighted by Gasteiger charge is 2.26. The van der Waals surface area contributed by atoms with Crippen molar-refractivity contribution in [2.24, 2.45) is 0 Å². The zero-order valence-electron chi connectivity index (χ0n) is 9.52. The van der Waals surface area contributed by atoms with Crippen LogP contribution in [0.1, 0.15) is 19.4 Å². The maximum atomic E-state index is 11.9. The van der Waals surface area contributed by atoms with E-state index in [1.807, 2.05) is 0 Å². The van der Waals surface area contributed by atoms with Gasteiger partial charge in [-0.15, -0.1) is 0 Å². The lowest BCUT2D eigenvalue weighted by molar-refractivity contribution is 0.193. The average molecular weight is 342 g/mol. The van der Waals surface area contributed by atoms with E-state index in [4.69, 9.17) is 11.6 Å². The van der Waals surface area contributed by atoms with Gasteiger partial charge in [0.05, 0.1) is 17.1 Å². The van der Waals surface area contributed by atoms with Gasteiger partial charge in [0.2, 0.25) is 0 Å². The first kappa shape index (κ1) is 15.0. The van der Waals surface area contributed by atoms with Crippen LogP contribution < -0.4 is 0 Å². The number of hydrogen-bond acceptors (Lipinski definition) is 3. The number of aliphatic hydroxyl groups excluding tert-OH is 1. The van der Waals surface area contributed by atoms with E-state index >= 15 is 0 Å². The van der Waals surface area contributed by atoms with E-state index in [0.717, 1.165) is 4.47 Å². The highest BCUT2D eigenvalue weighted by atomic mass is 79.9. The first-order valence-corrected chi connectivity index (χ1v) is 7.96. The van der Waals surface area contributed by atoms with Gasteiger partial charge in [-0.25, -0.2) is 8.42 Å². The SMILES string of the molecule is C[C@H](O)[C@H](C)S(=O)(=O)Cc1ccc(Br)cc1Cl. The summed E-state index contributed by atoms with van der Waals surface area (Å²) >= 11 is 9.22. The molecule has 0 aromatic heterocycles. The second-order valence-electron chi connectivity index (χ2n) is 3.99. The minimum absolute atomic E-state index is 0.162. The predicted octanol–water partition coefficient (Wildman–Crippen LogP) is 2.79. The first-order chi connectivity index (χ1) is 7.74. The van der Waals surface area contributed by atoms with Crippen LogP contribution >= 0.6 is 27.5 Å². The Labute approximate surface area is 115 Å². The van der Waals surface area contributed by atoms with E-state index in [9.17, 15) is 13.5 Å². The summed E-state index contributed by atoms with van der Waals surface area (Å²) in [5.74, 6) is -0.162. The number of sulfone groups is 1. The van der Waals surface area contributed by atoms with Gasteiger partial charge in [-0.05, 0) is 31.5 Å². The summed E-state index contributed by atoms with van der Waals surface area (Å²) in [5, 5.41) is 8.93. The molecule has 0 aliphatic heterocycles. The molecule has 1 aromatic rings. The summed E-state index contributed by atoms with van der Waals surface area (Å²) in [7, 11) is -3.40. The van der Waals surface area contributed by atoms with Crippen LogP contribution in [0.4, 0.5) is 0 Å². The van der Waals surface area contributed by atoms with Crippen molar-refractivity contribution in [1.29, 1.82) is 0 Å². The molecule has 17 heavy (non-hydrogen) atoms. The highest BCUT2D eigenvalue weighted by molar-refractivity contribution is 9.10. The quantitative estimate of drug-likeness (QED) is 0.916.